The molecule has 2 aliphatic rings. The number of hydrogen-bond acceptors (Lipinski definition) is 5. The van der Waals surface area contributed by atoms with Crippen LogP contribution in [0, 0.1) is 11.8 Å². The van der Waals surface area contributed by atoms with Crippen molar-refractivity contribution >= 4 is 17.2 Å². The van der Waals surface area contributed by atoms with Crippen LogP contribution in [0.15, 0.2) is 16.8 Å². The summed E-state index contributed by atoms with van der Waals surface area (Å²) < 4.78 is 0. The van der Waals surface area contributed by atoms with Gasteiger partial charge in [-0.1, -0.05) is 0 Å². The van der Waals surface area contributed by atoms with Crippen LogP contribution in [-0.2, 0) is 11.2 Å². The van der Waals surface area contributed by atoms with Gasteiger partial charge < -0.3 is 19.8 Å². The Morgan fingerprint density at radius 1 is 1.26 bits per heavy atom. The predicted molar refractivity (Wildman–Crippen MR) is 92.6 cm³/mol. The summed E-state index contributed by atoms with van der Waals surface area (Å²) in [6.07, 6.45) is 0.489. The van der Waals surface area contributed by atoms with Crippen molar-refractivity contribution in [3.05, 3.63) is 22.4 Å². The molecule has 2 fully saturated rings. The molecule has 0 radical (unpaired) electrons. The molecule has 1 aromatic heterocycles. The molecular formula is C17H27N3O2S. The van der Waals surface area contributed by atoms with Crippen LogP contribution in [0.25, 0.3) is 0 Å². The fourth-order valence-electron chi connectivity index (χ4n) is 3.60. The third-order valence-corrected chi connectivity index (χ3v) is 5.92. The zero-order valence-electron chi connectivity index (χ0n) is 13.9. The molecule has 0 bridgehead atoms. The minimum absolute atomic E-state index is 0.181. The highest BCUT2D eigenvalue weighted by Crippen LogP contribution is 2.25. The zero-order valence-corrected chi connectivity index (χ0v) is 14.7. The van der Waals surface area contributed by atoms with Crippen molar-refractivity contribution < 1.29 is 9.90 Å². The molecular weight excluding hydrogens is 310 g/mol. The third-order valence-electron chi connectivity index (χ3n) is 5.19. The molecule has 0 spiro atoms. The topological polar surface area (TPSA) is 47.0 Å². The van der Waals surface area contributed by atoms with Crippen LogP contribution in [0.4, 0.5) is 0 Å². The Bertz CT molecular complexity index is 500. The molecule has 3 rings (SSSR count). The molecule has 23 heavy (non-hydrogen) atoms. The minimum atomic E-state index is 0.181. The molecule has 1 aromatic rings. The number of amides is 1. The second-order valence-corrected chi connectivity index (χ2v) is 7.69. The van der Waals surface area contributed by atoms with E-state index in [1.165, 1.54) is 0 Å². The maximum Gasteiger partial charge on any atom is 0.227 e. The Hall–Kier alpha value is -0.950. The highest BCUT2D eigenvalue weighted by atomic mass is 32.1. The van der Waals surface area contributed by atoms with E-state index in [0.29, 0.717) is 18.9 Å². The number of likely N-dealkylation sites (N-methyl/N-ethyl adjacent to an activating group) is 1. The molecule has 1 N–H and O–H groups in total. The quantitative estimate of drug-likeness (QED) is 0.855. The van der Waals surface area contributed by atoms with Gasteiger partial charge in [-0.15, -0.1) is 0 Å². The first kappa shape index (κ1) is 16.9. The number of piperazine rings is 1. The normalized spacial score (nSPS) is 26.8. The Labute approximate surface area is 142 Å². The summed E-state index contributed by atoms with van der Waals surface area (Å²) in [4.78, 5) is 19.3. The van der Waals surface area contributed by atoms with Crippen LogP contribution >= 0.6 is 11.3 Å². The number of carbonyl (C=O) groups excluding carboxylic acids is 1. The van der Waals surface area contributed by atoms with Crippen molar-refractivity contribution in [1.82, 2.24) is 14.7 Å². The Morgan fingerprint density at radius 2 is 2.00 bits per heavy atom. The van der Waals surface area contributed by atoms with Gasteiger partial charge in [0.1, 0.15) is 0 Å². The Kier molecular flexibility index (Phi) is 5.69. The van der Waals surface area contributed by atoms with Crippen LogP contribution in [0.1, 0.15) is 5.56 Å². The lowest BCUT2D eigenvalue weighted by Crippen LogP contribution is -2.47. The lowest BCUT2D eigenvalue weighted by Gasteiger charge is -2.34. The number of aliphatic hydroxyl groups is 1. The van der Waals surface area contributed by atoms with Crippen molar-refractivity contribution in [2.75, 3.05) is 59.5 Å². The second kappa shape index (κ2) is 7.75. The van der Waals surface area contributed by atoms with Crippen LogP contribution in [0.5, 0.6) is 0 Å². The average molecular weight is 337 g/mol. The van der Waals surface area contributed by atoms with Crippen molar-refractivity contribution in [1.29, 1.82) is 0 Å². The van der Waals surface area contributed by atoms with E-state index >= 15 is 0 Å². The summed E-state index contributed by atoms with van der Waals surface area (Å²) in [6, 6.07) is 2.02. The first-order valence-electron chi connectivity index (χ1n) is 8.46. The summed E-state index contributed by atoms with van der Waals surface area (Å²) >= 11 is 1.63. The molecule has 1 amide bonds. The summed E-state index contributed by atoms with van der Waals surface area (Å²) in [7, 11) is 2.16. The van der Waals surface area contributed by atoms with Gasteiger partial charge in [-0.2, -0.15) is 11.3 Å². The first-order valence-corrected chi connectivity index (χ1v) is 9.40. The number of aliphatic hydroxyl groups excluding tert-OH is 1. The van der Waals surface area contributed by atoms with Crippen molar-refractivity contribution in [3.63, 3.8) is 0 Å². The largest absolute Gasteiger partial charge is 0.396 e. The number of thiophene rings is 1. The van der Waals surface area contributed by atoms with E-state index in [0.717, 1.165) is 44.8 Å². The molecule has 2 saturated heterocycles. The Balaban J connectivity index is 1.53. The van der Waals surface area contributed by atoms with Gasteiger partial charge in [0.2, 0.25) is 5.91 Å². The zero-order chi connectivity index (χ0) is 16.2. The molecule has 0 aromatic carbocycles. The molecule has 128 valence electrons. The van der Waals surface area contributed by atoms with Gasteiger partial charge >= 0.3 is 0 Å². The van der Waals surface area contributed by atoms with Gasteiger partial charge in [-0.25, -0.2) is 0 Å². The fourth-order valence-corrected chi connectivity index (χ4v) is 4.27. The van der Waals surface area contributed by atoms with E-state index < -0.39 is 0 Å². The van der Waals surface area contributed by atoms with Gasteiger partial charge in [-0.05, 0) is 35.4 Å². The van der Waals surface area contributed by atoms with Crippen LogP contribution in [0.3, 0.4) is 0 Å². The van der Waals surface area contributed by atoms with E-state index in [2.05, 4.69) is 16.8 Å². The van der Waals surface area contributed by atoms with Crippen molar-refractivity contribution in [3.8, 4) is 0 Å². The maximum absolute atomic E-state index is 12.5. The predicted octanol–water partition coefficient (Wildman–Crippen LogP) is 0.605. The highest BCUT2D eigenvalue weighted by Gasteiger charge is 2.35. The highest BCUT2D eigenvalue weighted by molar-refractivity contribution is 7.07. The lowest BCUT2D eigenvalue weighted by atomic mass is 9.96. The van der Waals surface area contributed by atoms with Crippen LogP contribution in [-0.4, -0.2) is 85.2 Å². The lowest BCUT2D eigenvalue weighted by molar-refractivity contribution is -0.129. The summed E-state index contributed by atoms with van der Waals surface area (Å²) in [5.74, 6) is 0.818. The van der Waals surface area contributed by atoms with E-state index in [1.54, 1.807) is 11.3 Å². The van der Waals surface area contributed by atoms with E-state index in [1.807, 2.05) is 21.7 Å². The maximum atomic E-state index is 12.5. The first-order chi connectivity index (χ1) is 11.2. The fraction of sp³-hybridized carbons (Fsp3) is 0.706. The third kappa shape index (κ3) is 4.32. The summed E-state index contributed by atoms with van der Waals surface area (Å²) in [5, 5.41) is 13.8. The Morgan fingerprint density at radius 3 is 2.65 bits per heavy atom. The molecule has 0 unspecified atom stereocenters. The van der Waals surface area contributed by atoms with E-state index in [-0.39, 0.29) is 18.4 Å². The molecule has 2 atom stereocenters. The van der Waals surface area contributed by atoms with Gasteiger partial charge in [0.25, 0.3) is 0 Å². The number of carbonyl (C=O) groups is 1. The minimum Gasteiger partial charge on any atom is -0.396 e. The van der Waals surface area contributed by atoms with Crippen molar-refractivity contribution in [2.24, 2.45) is 11.8 Å². The van der Waals surface area contributed by atoms with E-state index in [4.69, 9.17) is 0 Å². The van der Waals surface area contributed by atoms with Crippen LogP contribution in [0.2, 0.25) is 0 Å². The monoisotopic (exact) mass is 337 g/mol. The molecule has 6 heteroatoms. The second-order valence-electron chi connectivity index (χ2n) is 6.91. The average Bonchev–Trinajstić information content (AvgIpc) is 3.19. The van der Waals surface area contributed by atoms with Crippen LogP contribution < -0.4 is 0 Å². The molecule has 2 aliphatic heterocycles. The van der Waals surface area contributed by atoms with Crippen molar-refractivity contribution in [2.45, 2.75) is 6.42 Å². The molecule has 0 saturated carbocycles. The molecule has 5 nitrogen and oxygen atoms in total. The number of hydrogen-bond donors (Lipinski definition) is 1. The van der Waals surface area contributed by atoms with Gasteiger partial charge in [0.05, 0.1) is 6.42 Å². The standard InChI is InChI=1S/C17H27N3O2S/c1-18-3-5-19(6-4-18)9-15-10-20(11-16(15)12-21)17(22)8-14-2-7-23-13-14/h2,7,13,15-16,21H,3-6,8-12H2,1H3/t15-,16-/m1/s1. The smallest absolute Gasteiger partial charge is 0.227 e. The van der Waals surface area contributed by atoms with E-state index in [9.17, 15) is 9.90 Å². The molecule has 0 aliphatic carbocycles. The summed E-state index contributed by atoms with van der Waals surface area (Å²) in [5.41, 5.74) is 1.10. The number of nitrogens with zero attached hydrogens (tertiary/aromatic N) is 3. The number of rotatable bonds is 5. The number of likely N-dealkylation sites (tertiary alicyclic amines) is 1. The van der Waals surface area contributed by atoms with Gasteiger partial charge in [0.15, 0.2) is 0 Å². The molecule has 3 heterocycles. The van der Waals surface area contributed by atoms with Gasteiger partial charge in [0, 0.05) is 58.3 Å². The van der Waals surface area contributed by atoms with Gasteiger partial charge in [-0.3, -0.25) is 4.79 Å². The SMILES string of the molecule is CN1CCN(C[C@@H]2CN(C(=O)Cc3ccsc3)C[C@@H]2CO)CC1. The summed E-state index contributed by atoms with van der Waals surface area (Å²) in [6.45, 7) is 7.08.